The van der Waals surface area contributed by atoms with Crippen molar-refractivity contribution >= 4 is 12.4 Å². The molecule has 0 bridgehead atoms. The van der Waals surface area contributed by atoms with Gasteiger partial charge in [0.05, 0.1) is 0 Å². The summed E-state index contributed by atoms with van der Waals surface area (Å²) in [5, 5.41) is 6.65. The molecule has 0 aromatic heterocycles. The standard InChI is InChI=1S/C8H14N2/c1-3-4-8(2)7-10-6-5-9/h5-7,9H,3-4H2,1-2H3/b8-7+,9-5?,10-6?. The molecule has 0 saturated heterocycles. The van der Waals surface area contributed by atoms with E-state index in [9.17, 15) is 0 Å². The van der Waals surface area contributed by atoms with Crippen LogP contribution in [-0.2, 0) is 0 Å². The quantitative estimate of drug-likeness (QED) is 0.579. The van der Waals surface area contributed by atoms with Crippen molar-refractivity contribution in [1.29, 1.82) is 5.41 Å². The molecule has 0 aliphatic heterocycles. The molecule has 0 aliphatic carbocycles. The molecule has 0 aromatic carbocycles. The van der Waals surface area contributed by atoms with Crippen molar-refractivity contribution in [3.05, 3.63) is 11.8 Å². The van der Waals surface area contributed by atoms with Crippen molar-refractivity contribution in [1.82, 2.24) is 0 Å². The Morgan fingerprint density at radius 2 is 2.30 bits per heavy atom. The molecule has 10 heavy (non-hydrogen) atoms. The van der Waals surface area contributed by atoms with Crippen LogP contribution in [0.25, 0.3) is 0 Å². The van der Waals surface area contributed by atoms with E-state index in [2.05, 4.69) is 11.9 Å². The lowest BCUT2D eigenvalue weighted by molar-refractivity contribution is 0.902. The SMILES string of the molecule is CCC/C(C)=C/N=CC=N. The predicted molar refractivity (Wildman–Crippen MR) is 45.9 cm³/mol. The highest BCUT2D eigenvalue weighted by molar-refractivity contribution is 6.14. The van der Waals surface area contributed by atoms with Gasteiger partial charge in [0, 0.05) is 18.6 Å². The van der Waals surface area contributed by atoms with Gasteiger partial charge in [0.25, 0.3) is 0 Å². The van der Waals surface area contributed by atoms with Crippen LogP contribution in [0.15, 0.2) is 16.8 Å². The fourth-order valence-electron chi connectivity index (χ4n) is 0.672. The third-order valence-corrected chi connectivity index (χ3v) is 1.10. The molecule has 0 rings (SSSR count). The van der Waals surface area contributed by atoms with Crippen LogP contribution >= 0.6 is 0 Å². The Bertz CT molecular complexity index is 145. The summed E-state index contributed by atoms with van der Waals surface area (Å²) in [5.74, 6) is 0. The molecule has 56 valence electrons. The second-order valence-electron chi connectivity index (χ2n) is 2.19. The van der Waals surface area contributed by atoms with Crippen molar-refractivity contribution in [2.45, 2.75) is 26.7 Å². The molecule has 1 N–H and O–H groups in total. The Morgan fingerprint density at radius 1 is 1.60 bits per heavy atom. The van der Waals surface area contributed by atoms with Crippen LogP contribution < -0.4 is 0 Å². The lowest BCUT2D eigenvalue weighted by Crippen LogP contribution is -1.74. The van der Waals surface area contributed by atoms with Crippen molar-refractivity contribution < 1.29 is 0 Å². The first-order valence-electron chi connectivity index (χ1n) is 3.49. The van der Waals surface area contributed by atoms with E-state index in [0.717, 1.165) is 12.8 Å². The van der Waals surface area contributed by atoms with E-state index in [4.69, 9.17) is 5.41 Å². The van der Waals surface area contributed by atoms with Gasteiger partial charge in [-0.3, -0.25) is 4.99 Å². The van der Waals surface area contributed by atoms with Gasteiger partial charge in [0.1, 0.15) is 0 Å². The summed E-state index contributed by atoms with van der Waals surface area (Å²) in [7, 11) is 0. The minimum absolute atomic E-state index is 1.09. The van der Waals surface area contributed by atoms with E-state index in [-0.39, 0.29) is 0 Å². The van der Waals surface area contributed by atoms with Crippen molar-refractivity contribution in [2.24, 2.45) is 4.99 Å². The third kappa shape index (κ3) is 5.22. The summed E-state index contributed by atoms with van der Waals surface area (Å²) in [6.45, 7) is 4.18. The monoisotopic (exact) mass is 138 g/mol. The smallest absolute Gasteiger partial charge is 0.0443 e. The maximum Gasteiger partial charge on any atom is 0.0443 e. The molecule has 0 unspecified atom stereocenters. The highest BCUT2D eigenvalue weighted by Crippen LogP contribution is 2.01. The predicted octanol–water partition coefficient (Wildman–Crippen LogP) is 2.41. The minimum Gasteiger partial charge on any atom is -0.307 e. The van der Waals surface area contributed by atoms with Gasteiger partial charge < -0.3 is 5.41 Å². The van der Waals surface area contributed by atoms with Crippen LogP contribution in [0.2, 0.25) is 0 Å². The van der Waals surface area contributed by atoms with Crippen LogP contribution in [-0.4, -0.2) is 12.4 Å². The average molecular weight is 138 g/mol. The molecule has 0 heterocycles. The molecule has 0 aliphatic rings. The van der Waals surface area contributed by atoms with Gasteiger partial charge in [-0.25, -0.2) is 0 Å². The zero-order valence-electron chi connectivity index (χ0n) is 6.59. The van der Waals surface area contributed by atoms with Crippen LogP contribution in [0.1, 0.15) is 26.7 Å². The summed E-state index contributed by atoms with van der Waals surface area (Å²) in [4.78, 5) is 3.88. The number of rotatable bonds is 4. The summed E-state index contributed by atoms with van der Waals surface area (Å²) in [6, 6.07) is 0. The normalized spacial score (nSPS) is 12.4. The Hall–Kier alpha value is -0.920. The lowest BCUT2D eigenvalue weighted by atomic mass is 10.2. The first-order chi connectivity index (χ1) is 4.81. The number of aliphatic imine (C=N–C) groups is 1. The van der Waals surface area contributed by atoms with Gasteiger partial charge in [-0.15, -0.1) is 0 Å². The second-order valence-corrected chi connectivity index (χ2v) is 2.19. The molecule has 0 amide bonds. The summed E-state index contributed by atoms with van der Waals surface area (Å²) >= 11 is 0. The van der Waals surface area contributed by atoms with E-state index in [1.165, 1.54) is 18.0 Å². The third-order valence-electron chi connectivity index (χ3n) is 1.10. The van der Waals surface area contributed by atoms with Gasteiger partial charge in [-0.1, -0.05) is 18.9 Å². The number of hydrogen-bond donors (Lipinski definition) is 1. The zero-order valence-corrected chi connectivity index (χ0v) is 6.59. The minimum atomic E-state index is 1.09. The Labute approximate surface area is 62.2 Å². The van der Waals surface area contributed by atoms with E-state index in [0.29, 0.717) is 0 Å². The summed E-state index contributed by atoms with van der Waals surface area (Å²) < 4.78 is 0. The summed E-state index contributed by atoms with van der Waals surface area (Å²) in [6.07, 6.45) is 6.70. The maximum absolute atomic E-state index is 6.65. The van der Waals surface area contributed by atoms with Crippen LogP contribution in [0.3, 0.4) is 0 Å². The first-order valence-corrected chi connectivity index (χ1v) is 3.49. The van der Waals surface area contributed by atoms with E-state index >= 15 is 0 Å². The summed E-state index contributed by atoms with van der Waals surface area (Å²) in [5.41, 5.74) is 1.26. The van der Waals surface area contributed by atoms with Crippen LogP contribution in [0, 0.1) is 5.41 Å². The fraction of sp³-hybridized carbons (Fsp3) is 0.500. The van der Waals surface area contributed by atoms with Crippen molar-refractivity contribution in [2.75, 3.05) is 0 Å². The highest BCUT2D eigenvalue weighted by Gasteiger charge is 1.82. The number of allylic oxidation sites excluding steroid dienone is 1. The Balaban J connectivity index is 3.67. The molecule has 2 heteroatoms. The number of nitrogens with one attached hydrogen (secondary N) is 1. The fourth-order valence-corrected chi connectivity index (χ4v) is 0.672. The zero-order chi connectivity index (χ0) is 7.82. The van der Waals surface area contributed by atoms with Gasteiger partial charge in [0.2, 0.25) is 0 Å². The van der Waals surface area contributed by atoms with E-state index in [1.807, 2.05) is 6.92 Å². The molecule has 0 fully saturated rings. The molecule has 0 radical (unpaired) electrons. The van der Waals surface area contributed by atoms with Gasteiger partial charge in [-0.2, -0.15) is 0 Å². The Kier molecular flexibility index (Phi) is 5.63. The average Bonchev–Trinajstić information content (AvgIpc) is 1.89. The van der Waals surface area contributed by atoms with Crippen molar-refractivity contribution in [3.8, 4) is 0 Å². The number of hydrogen-bond acceptors (Lipinski definition) is 2. The second kappa shape index (κ2) is 6.20. The van der Waals surface area contributed by atoms with Gasteiger partial charge >= 0.3 is 0 Å². The maximum atomic E-state index is 6.65. The molecule has 0 atom stereocenters. The molecular formula is C8H14N2. The van der Waals surface area contributed by atoms with E-state index in [1.54, 1.807) is 6.20 Å². The largest absolute Gasteiger partial charge is 0.307 e. The molecule has 0 spiro atoms. The molecule has 2 nitrogen and oxygen atoms in total. The number of nitrogens with zero attached hydrogens (tertiary/aromatic N) is 1. The highest BCUT2D eigenvalue weighted by atomic mass is 14.7. The topological polar surface area (TPSA) is 36.2 Å². The first kappa shape index (κ1) is 9.08. The lowest BCUT2D eigenvalue weighted by Gasteiger charge is -1.91. The van der Waals surface area contributed by atoms with Gasteiger partial charge in [-0.05, 0) is 13.3 Å². The van der Waals surface area contributed by atoms with Crippen LogP contribution in [0.4, 0.5) is 0 Å². The Morgan fingerprint density at radius 3 is 2.80 bits per heavy atom. The molecule has 0 saturated carbocycles. The molecule has 0 aromatic rings. The van der Waals surface area contributed by atoms with E-state index < -0.39 is 0 Å². The van der Waals surface area contributed by atoms with Crippen LogP contribution in [0.5, 0.6) is 0 Å². The molecular weight excluding hydrogens is 124 g/mol. The van der Waals surface area contributed by atoms with Crippen molar-refractivity contribution in [3.63, 3.8) is 0 Å². The van der Waals surface area contributed by atoms with Gasteiger partial charge in [0.15, 0.2) is 0 Å².